The van der Waals surface area contributed by atoms with Crippen LogP contribution in [0.5, 0.6) is 0 Å². The number of unbranched alkanes of at least 4 members (excludes halogenated alkanes) is 18. The quantitative estimate of drug-likeness (QED) is 0.0373. The van der Waals surface area contributed by atoms with Crippen LogP contribution in [-0.4, -0.2) is 86.4 Å². The third-order valence-electron chi connectivity index (χ3n) is 11.0. The highest BCUT2D eigenvalue weighted by Gasteiger charge is 2.29. The first-order valence-corrected chi connectivity index (χ1v) is 25.8. The van der Waals surface area contributed by atoms with Gasteiger partial charge in [0.15, 0.2) is 0 Å². The molecule has 0 unspecified atom stereocenters. The monoisotopic (exact) mass is 893 g/mol. The number of esters is 3. The maximum Gasteiger partial charge on any atom is 0.339 e. The maximum atomic E-state index is 12.8. The van der Waals surface area contributed by atoms with Crippen LogP contribution < -0.4 is 0 Å². The summed E-state index contributed by atoms with van der Waals surface area (Å²) in [5.41, 5.74) is 1.78. The van der Waals surface area contributed by atoms with Crippen LogP contribution >= 0.6 is 11.3 Å². The van der Waals surface area contributed by atoms with Gasteiger partial charge in [-0.05, 0) is 84.9 Å². The fraction of sp³-hybridized carbons (Fsp3) is 0.824. The largest absolute Gasteiger partial charge is 0.466 e. The fourth-order valence-corrected chi connectivity index (χ4v) is 8.55. The number of amides is 1. The molecule has 0 bridgehead atoms. The molecule has 360 valence electrons. The number of carbonyl (C=O) groups is 5. The van der Waals surface area contributed by atoms with Gasteiger partial charge in [-0.25, -0.2) is 4.79 Å². The molecule has 1 aliphatic rings. The summed E-state index contributed by atoms with van der Waals surface area (Å²) in [5.74, 6) is -0.0701. The number of aryl methyl sites for hydroxylation is 1. The Bertz CT molecular complexity index is 1310. The van der Waals surface area contributed by atoms with E-state index in [4.69, 9.17) is 14.2 Å². The van der Waals surface area contributed by atoms with Crippen LogP contribution in [0, 0.1) is 6.92 Å². The highest BCUT2D eigenvalue weighted by atomic mass is 32.1. The Balaban J connectivity index is 0.00000137. The van der Waals surface area contributed by atoms with E-state index in [0.29, 0.717) is 70.6 Å². The summed E-state index contributed by atoms with van der Waals surface area (Å²) in [6.07, 6.45) is 28.6. The molecule has 0 radical (unpaired) electrons. The number of nitrogens with zero attached hydrogens (tertiary/aromatic N) is 2. The number of thiophene rings is 1. The van der Waals surface area contributed by atoms with Gasteiger partial charge in [-0.1, -0.05) is 130 Å². The highest BCUT2D eigenvalue weighted by Crippen LogP contribution is 2.33. The van der Waals surface area contributed by atoms with Crippen molar-refractivity contribution in [3.05, 3.63) is 20.9 Å². The van der Waals surface area contributed by atoms with Gasteiger partial charge in [0.1, 0.15) is 5.78 Å². The van der Waals surface area contributed by atoms with Gasteiger partial charge in [-0.2, -0.15) is 0 Å². The predicted octanol–water partition coefficient (Wildman–Crippen LogP) is 12.9. The Morgan fingerprint density at radius 1 is 0.581 bits per heavy atom. The summed E-state index contributed by atoms with van der Waals surface area (Å²) in [6.45, 7) is 15.7. The van der Waals surface area contributed by atoms with Gasteiger partial charge in [0.05, 0.1) is 31.9 Å². The predicted molar refractivity (Wildman–Crippen MR) is 257 cm³/mol. The smallest absolute Gasteiger partial charge is 0.339 e. The van der Waals surface area contributed by atoms with Gasteiger partial charge in [0, 0.05) is 48.5 Å². The van der Waals surface area contributed by atoms with Crippen LogP contribution in [0.15, 0.2) is 0 Å². The topological polar surface area (TPSA) is 120 Å². The number of carbonyl (C=O) groups excluding carboxylic acids is 5. The Kier molecular flexibility index (Phi) is 39.1. The standard InChI is InChI=1S/C31H52N2O5S.C18H34O3.C2H6/c1-5-6-7-8-9-12-15-22-37-29(35)18-14-11-10-13-17-28(34)33-21-19-26-27(24-33)39-25(2)30(26)31(36)38-23-16-20-32(3)4;1-3-4-5-6-7-8-9-10-13-16-21-18(20)15-12-11-14-17(2)19;1-2/h5-24H2,1-4H3;3-16H2,1-2H3;1-2H3. The molecular formula is C51H92N2O8S. The van der Waals surface area contributed by atoms with Crippen LogP contribution in [0.1, 0.15) is 234 Å². The third-order valence-corrected chi connectivity index (χ3v) is 12.1. The van der Waals surface area contributed by atoms with Gasteiger partial charge in [0.25, 0.3) is 0 Å². The average molecular weight is 893 g/mol. The van der Waals surface area contributed by atoms with Crippen molar-refractivity contribution in [1.82, 2.24) is 9.80 Å². The molecule has 0 N–H and O–H groups in total. The molecule has 0 aromatic carbocycles. The van der Waals surface area contributed by atoms with Crippen molar-refractivity contribution in [2.24, 2.45) is 0 Å². The van der Waals surface area contributed by atoms with Crippen molar-refractivity contribution in [1.29, 1.82) is 0 Å². The first-order valence-electron chi connectivity index (χ1n) is 25.0. The fourth-order valence-electron chi connectivity index (χ4n) is 7.33. The summed E-state index contributed by atoms with van der Waals surface area (Å²) in [7, 11) is 4.01. The molecule has 2 heterocycles. The Morgan fingerprint density at radius 3 is 1.52 bits per heavy atom. The van der Waals surface area contributed by atoms with Crippen LogP contribution in [0.2, 0.25) is 0 Å². The number of rotatable bonds is 35. The first kappa shape index (κ1) is 59.2. The molecule has 2 rings (SSSR count). The molecule has 1 aromatic rings. The lowest BCUT2D eigenvalue weighted by molar-refractivity contribution is -0.144. The maximum absolute atomic E-state index is 12.8. The van der Waals surface area contributed by atoms with Crippen molar-refractivity contribution in [2.75, 3.05) is 47.0 Å². The van der Waals surface area contributed by atoms with Gasteiger partial charge in [-0.3, -0.25) is 14.4 Å². The lowest BCUT2D eigenvalue weighted by Gasteiger charge is -2.27. The number of Topliss-reactive ketones (excluding diaryl/α,β-unsaturated/α-hetero) is 1. The zero-order valence-electron chi connectivity index (χ0n) is 41.1. The molecule has 0 spiro atoms. The van der Waals surface area contributed by atoms with Crippen molar-refractivity contribution >= 4 is 40.9 Å². The molecule has 0 atom stereocenters. The zero-order chi connectivity index (χ0) is 46.2. The molecule has 0 saturated heterocycles. The van der Waals surface area contributed by atoms with E-state index in [9.17, 15) is 24.0 Å². The second kappa shape index (κ2) is 40.9. The molecule has 11 heteroatoms. The molecule has 62 heavy (non-hydrogen) atoms. The van der Waals surface area contributed by atoms with E-state index in [1.165, 1.54) is 77.0 Å². The molecule has 1 aromatic heterocycles. The number of ketones is 1. The normalized spacial score (nSPS) is 11.9. The Morgan fingerprint density at radius 2 is 1.02 bits per heavy atom. The molecule has 10 nitrogen and oxygen atoms in total. The number of hydrogen-bond donors (Lipinski definition) is 0. The van der Waals surface area contributed by atoms with E-state index in [0.717, 1.165) is 92.5 Å². The Hall–Kier alpha value is -2.79. The first-order chi connectivity index (χ1) is 30.0. The van der Waals surface area contributed by atoms with Gasteiger partial charge in [-0.15, -0.1) is 11.3 Å². The molecule has 0 aliphatic carbocycles. The average Bonchev–Trinajstić information content (AvgIpc) is 3.59. The summed E-state index contributed by atoms with van der Waals surface area (Å²) >= 11 is 1.61. The number of hydrogen-bond acceptors (Lipinski definition) is 10. The molecule has 0 fully saturated rings. The number of ether oxygens (including phenoxy) is 3. The molecular weight excluding hydrogens is 801 g/mol. The van der Waals surface area contributed by atoms with Crippen molar-refractivity contribution in [3.8, 4) is 0 Å². The second-order valence-electron chi connectivity index (χ2n) is 17.0. The zero-order valence-corrected chi connectivity index (χ0v) is 41.9. The summed E-state index contributed by atoms with van der Waals surface area (Å²) in [5, 5.41) is 0. The lowest BCUT2D eigenvalue weighted by Crippen LogP contribution is -2.35. The van der Waals surface area contributed by atoms with E-state index in [1.54, 1.807) is 18.3 Å². The van der Waals surface area contributed by atoms with E-state index in [-0.39, 0.29) is 29.6 Å². The van der Waals surface area contributed by atoms with Crippen molar-refractivity contribution in [2.45, 2.75) is 228 Å². The molecule has 1 amide bonds. The molecule has 1 aliphatic heterocycles. The highest BCUT2D eigenvalue weighted by molar-refractivity contribution is 7.12. The van der Waals surface area contributed by atoms with Crippen LogP contribution in [0.4, 0.5) is 0 Å². The third kappa shape index (κ3) is 32.0. The van der Waals surface area contributed by atoms with Crippen LogP contribution in [-0.2, 0) is 46.4 Å². The lowest BCUT2D eigenvalue weighted by atomic mass is 10.0. The van der Waals surface area contributed by atoms with Gasteiger partial charge in [0.2, 0.25) is 5.91 Å². The summed E-state index contributed by atoms with van der Waals surface area (Å²) < 4.78 is 16.1. The number of fused-ring (bicyclic) bond motifs is 1. The van der Waals surface area contributed by atoms with E-state index >= 15 is 0 Å². The minimum atomic E-state index is -0.231. The van der Waals surface area contributed by atoms with Crippen molar-refractivity contribution < 1.29 is 38.2 Å². The summed E-state index contributed by atoms with van der Waals surface area (Å²) in [6, 6.07) is 0. The Labute approximate surface area is 383 Å². The van der Waals surface area contributed by atoms with E-state index in [2.05, 4.69) is 18.7 Å². The minimum Gasteiger partial charge on any atom is -0.466 e. The van der Waals surface area contributed by atoms with Crippen molar-refractivity contribution in [3.63, 3.8) is 0 Å². The van der Waals surface area contributed by atoms with E-state index in [1.807, 2.05) is 39.8 Å². The second-order valence-corrected chi connectivity index (χ2v) is 18.3. The summed E-state index contributed by atoms with van der Waals surface area (Å²) in [4.78, 5) is 65.7. The molecule has 0 saturated carbocycles. The van der Waals surface area contributed by atoms with E-state index < -0.39 is 0 Å². The minimum absolute atomic E-state index is 0.0933. The van der Waals surface area contributed by atoms with Gasteiger partial charge < -0.3 is 28.8 Å². The van der Waals surface area contributed by atoms with Crippen LogP contribution in [0.25, 0.3) is 0 Å². The van der Waals surface area contributed by atoms with Crippen LogP contribution in [0.3, 0.4) is 0 Å². The van der Waals surface area contributed by atoms with Gasteiger partial charge >= 0.3 is 17.9 Å². The SMILES string of the molecule is CC.CCCCCCCCCCCOC(=O)CCCCC(C)=O.CCCCCCCCCOC(=O)CCCCCCC(=O)N1CCc2c(sc(C)c2C(=O)OCCCN(C)C)C1.